The summed E-state index contributed by atoms with van der Waals surface area (Å²) < 4.78 is 43.9. The van der Waals surface area contributed by atoms with Crippen molar-refractivity contribution in [3.63, 3.8) is 0 Å². The van der Waals surface area contributed by atoms with Crippen molar-refractivity contribution >= 4 is 11.8 Å². The summed E-state index contributed by atoms with van der Waals surface area (Å²) in [7, 11) is 0. The fourth-order valence-electron chi connectivity index (χ4n) is 12.1. The van der Waals surface area contributed by atoms with E-state index in [1.54, 1.807) is 11.1 Å². The highest BCUT2D eigenvalue weighted by Crippen LogP contribution is 2.65. The van der Waals surface area contributed by atoms with Gasteiger partial charge in [-0.25, -0.2) is 0 Å². The normalized spacial score (nSPS) is 36.8. The number of carbonyl (C=O) groups is 2. The topological polar surface area (TPSA) is 90.9 Å². The van der Waals surface area contributed by atoms with Gasteiger partial charge in [-0.2, -0.15) is 13.2 Å². The van der Waals surface area contributed by atoms with Crippen LogP contribution in [-0.4, -0.2) is 78.0 Å². The SMILES string of the molecule is CC1=C2C[C@H]3[C@@H](CC=C4C[C@@H](O)CC[C@@]43C)[C@@H]2CC[C@]12O[C@@H]1C[C@H](C)CN(CCNC(=O)CCCCCCCCCCCNC(=O)C(F)(F)F)[C@H]1[C@H]2C. The predicted molar refractivity (Wildman–Crippen MR) is 202 cm³/mol. The highest BCUT2D eigenvalue weighted by atomic mass is 19.4. The Morgan fingerprint density at radius 1 is 0.962 bits per heavy atom. The largest absolute Gasteiger partial charge is 0.471 e. The molecule has 10 heteroatoms. The van der Waals surface area contributed by atoms with Gasteiger partial charge in [0.25, 0.3) is 0 Å². The van der Waals surface area contributed by atoms with E-state index in [1.807, 2.05) is 5.32 Å². The van der Waals surface area contributed by atoms with Gasteiger partial charge in [-0.1, -0.05) is 82.9 Å². The van der Waals surface area contributed by atoms with E-state index in [4.69, 9.17) is 4.74 Å². The Hall–Kier alpha value is -1.91. The maximum absolute atomic E-state index is 12.8. The van der Waals surface area contributed by atoms with Crippen molar-refractivity contribution in [1.82, 2.24) is 15.5 Å². The third-order valence-corrected chi connectivity index (χ3v) is 14.9. The van der Waals surface area contributed by atoms with Gasteiger partial charge < -0.3 is 20.5 Å². The van der Waals surface area contributed by atoms with Gasteiger partial charge in [0.1, 0.15) is 0 Å². The standard InChI is InChI=1S/C43H68F3N3O4/c1-28-24-37-39(49(27-28)23-22-47-38(51)14-12-10-8-6-5-7-9-11-13-21-48-40(52)43(44,45)46)30(3)42(53-37)20-18-33-34-16-15-31-25-32(50)17-19-41(31,4)36(34)26-35(33)29(42)2/h15,28,30,32-34,36-37,39,50H,5-14,16-27H2,1-4H3,(H,47,51)(H,48,52)/t28-,30+,32-,33-,34-,36-,37+,39-,41-,42-/m0/s1. The molecule has 2 saturated carbocycles. The molecule has 0 radical (unpaired) electrons. The van der Waals surface area contributed by atoms with E-state index in [1.165, 1.54) is 24.8 Å². The van der Waals surface area contributed by atoms with Gasteiger partial charge in [0, 0.05) is 44.6 Å². The number of allylic oxidation sites excluding steroid dienone is 2. The molecule has 53 heavy (non-hydrogen) atoms. The number of nitrogens with one attached hydrogen (secondary N) is 2. The first-order valence-electron chi connectivity index (χ1n) is 21.4. The zero-order chi connectivity index (χ0) is 38.0. The maximum atomic E-state index is 12.8. The van der Waals surface area contributed by atoms with Gasteiger partial charge in [0.2, 0.25) is 5.91 Å². The van der Waals surface area contributed by atoms with Gasteiger partial charge >= 0.3 is 12.1 Å². The Bertz CT molecular complexity index is 1370. The first-order valence-corrected chi connectivity index (χ1v) is 21.4. The van der Waals surface area contributed by atoms with Crippen LogP contribution in [0.4, 0.5) is 13.2 Å². The average molecular weight is 748 g/mol. The molecule has 0 aromatic rings. The number of nitrogens with zero attached hydrogens (tertiary/aromatic N) is 1. The molecule has 2 amide bonds. The van der Waals surface area contributed by atoms with Gasteiger partial charge in [-0.05, 0) is 106 Å². The Morgan fingerprint density at radius 2 is 1.66 bits per heavy atom. The Kier molecular flexibility index (Phi) is 13.1. The molecular formula is C43H68F3N3O4. The first-order chi connectivity index (χ1) is 25.2. The summed E-state index contributed by atoms with van der Waals surface area (Å²) in [5.74, 6) is 1.33. The number of fused-ring (bicyclic) bond motifs is 6. The molecule has 0 aromatic carbocycles. The van der Waals surface area contributed by atoms with Crippen LogP contribution < -0.4 is 10.6 Å². The molecule has 6 rings (SSSR count). The zero-order valence-electron chi connectivity index (χ0n) is 33.0. The molecule has 7 nitrogen and oxygen atoms in total. The van der Waals surface area contributed by atoms with E-state index in [-0.39, 0.29) is 35.7 Å². The second-order valence-electron chi connectivity index (χ2n) is 18.2. The van der Waals surface area contributed by atoms with Crippen LogP contribution in [0.3, 0.4) is 0 Å². The molecule has 10 atom stereocenters. The van der Waals surface area contributed by atoms with Crippen LogP contribution in [0.25, 0.3) is 0 Å². The monoisotopic (exact) mass is 748 g/mol. The number of aliphatic hydroxyl groups is 1. The summed E-state index contributed by atoms with van der Waals surface area (Å²) in [5.41, 5.74) is 4.82. The highest BCUT2D eigenvalue weighted by molar-refractivity contribution is 5.81. The van der Waals surface area contributed by atoms with E-state index < -0.39 is 12.1 Å². The Labute approximate surface area is 316 Å². The maximum Gasteiger partial charge on any atom is 0.471 e. The predicted octanol–water partition coefficient (Wildman–Crippen LogP) is 8.41. The van der Waals surface area contributed by atoms with E-state index in [2.05, 4.69) is 44.0 Å². The minimum atomic E-state index is -4.80. The van der Waals surface area contributed by atoms with Gasteiger partial charge in [0.05, 0.1) is 17.8 Å². The van der Waals surface area contributed by atoms with Crippen LogP contribution in [0.15, 0.2) is 22.8 Å². The first kappa shape index (κ1) is 40.7. The number of piperidine rings is 1. The van der Waals surface area contributed by atoms with Crippen LogP contribution >= 0.6 is 0 Å². The molecule has 2 heterocycles. The number of hydrogen-bond donors (Lipinski definition) is 3. The molecular weight excluding hydrogens is 679 g/mol. The molecule has 0 aromatic heterocycles. The van der Waals surface area contributed by atoms with Gasteiger partial charge in [0.15, 0.2) is 0 Å². The molecule has 0 bridgehead atoms. The number of hydrogen-bond acceptors (Lipinski definition) is 5. The van der Waals surface area contributed by atoms with E-state index in [0.717, 1.165) is 102 Å². The second kappa shape index (κ2) is 17.1. The second-order valence-corrected chi connectivity index (χ2v) is 18.2. The number of carbonyl (C=O) groups excluding carboxylic acids is 2. The molecule has 300 valence electrons. The number of ether oxygens (including phenoxy) is 1. The van der Waals surface area contributed by atoms with Crippen molar-refractivity contribution in [2.45, 2.75) is 173 Å². The van der Waals surface area contributed by atoms with Crippen molar-refractivity contribution in [2.24, 2.45) is 35.0 Å². The fraction of sp³-hybridized carbons (Fsp3) is 0.860. The summed E-state index contributed by atoms with van der Waals surface area (Å²) in [4.78, 5) is 26.2. The summed E-state index contributed by atoms with van der Waals surface area (Å²) in [6.07, 6.45) is 15.6. The van der Waals surface area contributed by atoms with Crippen molar-refractivity contribution < 1.29 is 32.6 Å². The number of amides is 2. The molecule has 2 aliphatic heterocycles. The molecule has 2 saturated heterocycles. The minimum absolute atomic E-state index is 0.0684. The molecule has 0 unspecified atom stereocenters. The van der Waals surface area contributed by atoms with Crippen LogP contribution in [0, 0.1) is 35.0 Å². The average Bonchev–Trinajstić information content (AvgIpc) is 3.63. The summed E-state index contributed by atoms with van der Waals surface area (Å²) >= 11 is 0. The number of likely N-dealkylation sites (tertiary alicyclic amines) is 1. The van der Waals surface area contributed by atoms with Crippen molar-refractivity contribution in [3.05, 3.63) is 22.8 Å². The number of alkyl halides is 3. The third-order valence-electron chi connectivity index (χ3n) is 14.9. The van der Waals surface area contributed by atoms with E-state index >= 15 is 0 Å². The third kappa shape index (κ3) is 8.75. The lowest BCUT2D eigenvalue weighted by Gasteiger charge is -2.49. The zero-order valence-corrected chi connectivity index (χ0v) is 33.0. The summed E-state index contributed by atoms with van der Waals surface area (Å²) in [6, 6.07) is 0.375. The van der Waals surface area contributed by atoms with Crippen molar-refractivity contribution in [2.75, 3.05) is 26.2 Å². The lowest BCUT2D eigenvalue weighted by Crippen LogP contribution is -2.54. The highest BCUT2D eigenvalue weighted by Gasteiger charge is 2.61. The van der Waals surface area contributed by atoms with Crippen LogP contribution in [0.1, 0.15) is 143 Å². The fourth-order valence-corrected chi connectivity index (χ4v) is 12.1. The number of unbranched alkanes of at least 4 members (excludes halogenated alkanes) is 8. The molecule has 6 aliphatic rings. The lowest BCUT2D eigenvalue weighted by atomic mass is 9.56. The van der Waals surface area contributed by atoms with E-state index in [0.29, 0.717) is 49.1 Å². The molecule has 4 aliphatic carbocycles. The van der Waals surface area contributed by atoms with Crippen molar-refractivity contribution in [3.8, 4) is 0 Å². The van der Waals surface area contributed by atoms with Crippen molar-refractivity contribution in [1.29, 1.82) is 0 Å². The lowest BCUT2D eigenvalue weighted by molar-refractivity contribution is -0.173. The van der Waals surface area contributed by atoms with Crippen LogP contribution in [-0.2, 0) is 14.3 Å². The molecule has 4 fully saturated rings. The smallest absolute Gasteiger partial charge is 0.393 e. The summed E-state index contributed by atoms with van der Waals surface area (Å²) in [5, 5.41) is 15.6. The van der Waals surface area contributed by atoms with Crippen LogP contribution in [0.2, 0.25) is 0 Å². The number of halogens is 3. The van der Waals surface area contributed by atoms with Gasteiger partial charge in [-0.3, -0.25) is 14.5 Å². The van der Waals surface area contributed by atoms with Gasteiger partial charge in [-0.15, -0.1) is 0 Å². The quantitative estimate of drug-likeness (QED) is 0.116. The van der Waals surface area contributed by atoms with Crippen LogP contribution in [0.5, 0.6) is 0 Å². The Morgan fingerprint density at radius 3 is 2.38 bits per heavy atom. The molecule has 1 spiro atoms. The number of aliphatic hydroxyl groups excluding tert-OH is 1. The van der Waals surface area contributed by atoms with E-state index in [9.17, 15) is 27.9 Å². The summed E-state index contributed by atoms with van der Waals surface area (Å²) in [6.45, 7) is 12.4. The minimum Gasteiger partial charge on any atom is -0.393 e. The number of rotatable bonds is 15. The Balaban J connectivity index is 0.912. The molecule has 3 N–H and O–H groups in total.